The number of fused-ring (bicyclic) bond motifs is 1. The molecule has 0 N–H and O–H groups in total. The molecule has 2 heterocycles. The highest BCUT2D eigenvalue weighted by Crippen LogP contribution is 2.23. The van der Waals surface area contributed by atoms with Crippen LogP contribution in [0.1, 0.15) is 0 Å². The summed E-state index contributed by atoms with van der Waals surface area (Å²) in [5.41, 5.74) is 1.95. The van der Waals surface area contributed by atoms with Gasteiger partial charge in [-0.3, -0.25) is 0 Å². The molecule has 0 atom stereocenters. The molecule has 0 amide bonds. The minimum absolute atomic E-state index is 0.255. The average Bonchev–Trinajstić information content (AvgIpc) is 2.72. The Morgan fingerprint density at radius 3 is 2.82 bits per heavy atom. The van der Waals surface area contributed by atoms with Crippen LogP contribution in [0.3, 0.4) is 0 Å². The highest BCUT2D eigenvalue weighted by atomic mass is 79.9. The second-order valence-electron chi connectivity index (χ2n) is 3.72. The Balaban J connectivity index is 2.22. The van der Waals surface area contributed by atoms with E-state index in [-0.39, 0.29) is 5.82 Å². The van der Waals surface area contributed by atoms with Gasteiger partial charge in [0.1, 0.15) is 11.5 Å². The number of hydrogen-bond donors (Lipinski definition) is 0. The molecule has 2 nitrogen and oxygen atoms in total. The summed E-state index contributed by atoms with van der Waals surface area (Å²) in [4.78, 5) is 4.40. The van der Waals surface area contributed by atoms with E-state index in [0.717, 1.165) is 10.1 Å². The van der Waals surface area contributed by atoms with Gasteiger partial charge in [-0.2, -0.15) is 0 Å². The van der Waals surface area contributed by atoms with Crippen molar-refractivity contribution in [1.29, 1.82) is 0 Å². The van der Waals surface area contributed by atoms with Crippen LogP contribution in [0.4, 0.5) is 4.39 Å². The van der Waals surface area contributed by atoms with E-state index >= 15 is 0 Å². The van der Waals surface area contributed by atoms with Gasteiger partial charge in [-0.25, -0.2) is 9.37 Å². The summed E-state index contributed by atoms with van der Waals surface area (Å²) >= 11 is 3.38. The van der Waals surface area contributed by atoms with Gasteiger partial charge in [0.2, 0.25) is 0 Å². The van der Waals surface area contributed by atoms with Gasteiger partial charge in [0, 0.05) is 22.4 Å². The fourth-order valence-corrected chi connectivity index (χ4v) is 2.08. The predicted molar refractivity (Wildman–Crippen MR) is 68.3 cm³/mol. The molecular formula is C13H8BrFN2. The number of halogens is 2. The number of aromatic nitrogens is 2. The first-order valence-corrected chi connectivity index (χ1v) is 5.92. The summed E-state index contributed by atoms with van der Waals surface area (Å²) < 4.78 is 16.4. The molecule has 0 aliphatic rings. The summed E-state index contributed by atoms with van der Waals surface area (Å²) in [6.07, 6.45) is 3.71. The molecule has 17 heavy (non-hydrogen) atoms. The van der Waals surface area contributed by atoms with Crippen molar-refractivity contribution >= 4 is 21.6 Å². The van der Waals surface area contributed by atoms with Crippen LogP contribution in [0.5, 0.6) is 0 Å². The number of imidazole rings is 1. The van der Waals surface area contributed by atoms with Gasteiger partial charge in [-0.05, 0) is 24.3 Å². The standard InChI is InChI=1S/C13H8BrFN2/c14-9-5-6-17-8-12(16-13(17)7-9)10-3-1-2-4-11(10)15/h1-8H. The Labute approximate surface area is 106 Å². The van der Waals surface area contributed by atoms with Crippen LogP contribution >= 0.6 is 15.9 Å². The fraction of sp³-hybridized carbons (Fsp3) is 0. The largest absolute Gasteiger partial charge is 0.306 e. The lowest BCUT2D eigenvalue weighted by Crippen LogP contribution is -1.82. The molecule has 1 aromatic carbocycles. The highest BCUT2D eigenvalue weighted by molar-refractivity contribution is 9.10. The molecule has 0 bridgehead atoms. The first-order valence-electron chi connectivity index (χ1n) is 5.13. The molecule has 0 aliphatic heterocycles. The van der Waals surface area contributed by atoms with Crippen molar-refractivity contribution in [3.05, 3.63) is 59.1 Å². The van der Waals surface area contributed by atoms with Crippen LogP contribution in [0.2, 0.25) is 0 Å². The van der Waals surface area contributed by atoms with E-state index in [1.165, 1.54) is 6.07 Å². The predicted octanol–water partition coefficient (Wildman–Crippen LogP) is 3.90. The summed E-state index contributed by atoms with van der Waals surface area (Å²) in [5, 5.41) is 0. The smallest absolute Gasteiger partial charge is 0.138 e. The van der Waals surface area contributed by atoms with Gasteiger partial charge >= 0.3 is 0 Å². The van der Waals surface area contributed by atoms with Gasteiger partial charge < -0.3 is 4.40 Å². The monoisotopic (exact) mass is 290 g/mol. The number of benzene rings is 1. The van der Waals surface area contributed by atoms with Gasteiger partial charge in [0.25, 0.3) is 0 Å². The zero-order chi connectivity index (χ0) is 11.8. The molecule has 0 unspecified atom stereocenters. The molecule has 4 heteroatoms. The Morgan fingerprint density at radius 1 is 1.18 bits per heavy atom. The van der Waals surface area contributed by atoms with E-state index in [9.17, 15) is 4.39 Å². The van der Waals surface area contributed by atoms with Crippen LogP contribution in [0.15, 0.2) is 53.3 Å². The lowest BCUT2D eigenvalue weighted by molar-refractivity contribution is 0.631. The Bertz CT molecular complexity index is 691. The van der Waals surface area contributed by atoms with E-state index in [0.29, 0.717) is 11.3 Å². The summed E-state index contributed by atoms with van der Waals surface area (Å²) in [6, 6.07) is 10.5. The van der Waals surface area contributed by atoms with Gasteiger partial charge in [0.05, 0.1) is 5.69 Å². The van der Waals surface area contributed by atoms with Crippen LogP contribution in [-0.2, 0) is 0 Å². The molecule has 0 saturated heterocycles. The minimum atomic E-state index is -0.255. The van der Waals surface area contributed by atoms with E-state index in [4.69, 9.17) is 0 Å². The molecule has 0 spiro atoms. The SMILES string of the molecule is Fc1ccccc1-c1cn2ccc(Br)cc2n1. The van der Waals surface area contributed by atoms with Crippen molar-refractivity contribution in [2.45, 2.75) is 0 Å². The molecule has 84 valence electrons. The topological polar surface area (TPSA) is 17.3 Å². The quantitative estimate of drug-likeness (QED) is 0.664. The third kappa shape index (κ3) is 1.85. The summed E-state index contributed by atoms with van der Waals surface area (Å²) in [7, 11) is 0. The second-order valence-corrected chi connectivity index (χ2v) is 4.63. The molecule has 2 aromatic heterocycles. The molecule has 3 rings (SSSR count). The highest BCUT2D eigenvalue weighted by Gasteiger charge is 2.08. The van der Waals surface area contributed by atoms with Gasteiger partial charge in [0.15, 0.2) is 0 Å². The number of pyridine rings is 1. The molecule has 0 aliphatic carbocycles. The molecular weight excluding hydrogens is 283 g/mol. The van der Waals surface area contributed by atoms with Gasteiger partial charge in [-0.1, -0.05) is 28.1 Å². The minimum Gasteiger partial charge on any atom is -0.306 e. The molecule has 0 saturated carbocycles. The second kappa shape index (κ2) is 3.96. The Morgan fingerprint density at radius 2 is 2.00 bits per heavy atom. The van der Waals surface area contributed by atoms with Crippen LogP contribution in [0.25, 0.3) is 16.9 Å². The fourth-order valence-electron chi connectivity index (χ4n) is 1.76. The summed E-state index contributed by atoms with van der Waals surface area (Å²) in [6.45, 7) is 0. The van der Waals surface area contributed by atoms with Crippen molar-refractivity contribution in [1.82, 2.24) is 9.38 Å². The normalized spacial score (nSPS) is 10.9. The molecule has 3 aromatic rings. The number of nitrogens with zero attached hydrogens (tertiary/aromatic N) is 2. The van der Waals surface area contributed by atoms with Gasteiger partial charge in [-0.15, -0.1) is 0 Å². The maximum atomic E-state index is 13.6. The number of rotatable bonds is 1. The van der Waals surface area contributed by atoms with E-state index in [2.05, 4.69) is 20.9 Å². The first kappa shape index (κ1) is 10.5. The third-order valence-corrected chi connectivity index (χ3v) is 3.07. The Hall–Kier alpha value is -1.68. The number of hydrogen-bond acceptors (Lipinski definition) is 1. The van der Waals surface area contributed by atoms with Crippen molar-refractivity contribution < 1.29 is 4.39 Å². The maximum Gasteiger partial charge on any atom is 0.138 e. The first-order chi connectivity index (χ1) is 8.24. The maximum absolute atomic E-state index is 13.6. The van der Waals surface area contributed by atoms with Crippen molar-refractivity contribution in [3.8, 4) is 11.3 Å². The lowest BCUT2D eigenvalue weighted by atomic mass is 10.1. The zero-order valence-corrected chi connectivity index (χ0v) is 10.4. The van der Waals surface area contributed by atoms with E-state index in [1.807, 2.05) is 28.9 Å². The van der Waals surface area contributed by atoms with Crippen LogP contribution in [-0.4, -0.2) is 9.38 Å². The zero-order valence-electron chi connectivity index (χ0n) is 8.77. The Kier molecular flexibility index (Phi) is 2.44. The molecule has 0 fully saturated rings. The average molecular weight is 291 g/mol. The lowest BCUT2D eigenvalue weighted by Gasteiger charge is -1.96. The molecule has 0 radical (unpaired) electrons. The third-order valence-electron chi connectivity index (χ3n) is 2.57. The van der Waals surface area contributed by atoms with Crippen LogP contribution in [0, 0.1) is 5.82 Å². The van der Waals surface area contributed by atoms with Crippen molar-refractivity contribution in [3.63, 3.8) is 0 Å². The van der Waals surface area contributed by atoms with Crippen LogP contribution < -0.4 is 0 Å². The van der Waals surface area contributed by atoms with E-state index in [1.54, 1.807) is 18.2 Å². The van der Waals surface area contributed by atoms with Crippen molar-refractivity contribution in [2.75, 3.05) is 0 Å². The summed E-state index contributed by atoms with van der Waals surface area (Å²) in [5.74, 6) is -0.255. The van der Waals surface area contributed by atoms with E-state index < -0.39 is 0 Å². The van der Waals surface area contributed by atoms with Crippen molar-refractivity contribution in [2.24, 2.45) is 0 Å².